The van der Waals surface area contributed by atoms with E-state index in [0.29, 0.717) is 0 Å². The molecule has 18 heavy (non-hydrogen) atoms. The first kappa shape index (κ1) is 13.0. The van der Waals surface area contributed by atoms with E-state index in [2.05, 4.69) is 24.0 Å². The van der Waals surface area contributed by atoms with Crippen molar-refractivity contribution in [2.75, 3.05) is 0 Å². The second-order valence-electron chi connectivity index (χ2n) is 4.92. The molecule has 2 rings (SSSR count). The third kappa shape index (κ3) is 3.08. The van der Waals surface area contributed by atoms with Crippen LogP contribution in [0.25, 0.3) is 10.9 Å². The van der Waals surface area contributed by atoms with E-state index >= 15 is 0 Å². The van der Waals surface area contributed by atoms with Crippen molar-refractivity contribution in [3.05, 3.63) is 41.6 Å². The van der Waals surface area contributed by atoms with Crippen LogP contribution in [0.1, 0.15) is 50.0 Å². The van der Waals surface area contributed by atoms with Crippen LogP contribution in [0, 0.1) is 6.92 Å². The summed E-state index contributed by atoms with van der Waals surface area (Å²) in [6.45, 7) is 4.17. The van der Waals surface area contributed by atoms with Crippen molar-refractivity contribution in [1.82, 2.24) is 4.98 Å². The first-order valence-corrected chi connectivity index (χ1v) is 6.76. The number of aromatic nitrogens is 1. The molecule has 2 heteroatoms. The van der Waals surface area contributed by atoms with E-state index in [4.69, 9.17) is 0 Å². The average Bonchev–Trinajstić information content (AvgIpc) is 2.38. The topological polar surface area (TPSA) is 33.1 Å². The molecule has 1 N–H and O–H groups in total. The Kier molecular flexibility index (Phi) is 4.32. The SMILES string of the molecule is CCCCCC(O)c1ccc2nc(C)ccc2c1. The normalized spacial score (nSPS) is 12.8. The summed E-state index contributed by atoms with van der Waals surface area (Å²) in [5.41, 5.74) is 3.03. The van der Waals surface area contributed by atoms with Gasteiger partial charge in [-0.2, -0.15) is 0 Å². The van der Waals surface area contributed by atoms with Crippen LogP contribution in [0.3, 0.4) is 0 Å². The predicted molar refractivity (Wildman–Crippen MR) is 75.6 cm³/mol. The van der Waals surface area contributed by atoms with Crippen LogP contribution in [-0.4, -0.2) is 10.1 Å². The second-order valence-corrected chi connectivity index (χ2v) is 4.92. The minimum Gasteiger partial charge on any atom is -0.388 e. The molecule has 2 nitrogen and oxygen atoms in total. The van der Waals surface area contributed by atoms with Crippen LogP contribution in [0.5, 0.6) is 0 Å². The lowest BCUT2D eigenvalue weighted by Gasteiger charge is -2.11. The molecule has 1 aromatic heterocycles. The van der Waals surface area contributed by atoms with E-state index < -0.39 is 0 Å². The van der Waals surface area contributed by atoms with Crippen molar-refractivity contribution >= 4 is 10.9 Å². The molecule has 1 aromatic carbocycles. The molecule has 2 aromatic rings. The monoisotopic (exact) mass is 243 g/mol. The molecule has 1 heterocycles. The van der Waals surface area contributed by atoms with Gasteiger partial charge in [0.05, 0.1) is 11.6 Å². The molecule has 0 saturated heterocycles. The fourth-order valence-electron chi connectivity index (χ4n) is 2.21. The number of hydrogen-bond donors (Lipinski definition) is 1. The summed E-state index contributed by atoms with van der Waals surface area (Å²) >= 11 is 0. The van der Waals surface area contributed by atoms with Gasteiger partial charge in [0, 0.05) is 11.1 Å². The van der Waals surface area contributed by atoms with Crippen LogP contribution in [-0.2, 0) is 0 Å². The summed E-state index contributed by atoms with van der Waals surface area (Å²) in [7, 11) is 0. The third-order valence-electron chi connectivity index (χ3n) is 3.32. The number of nitrogens with zero attached hydrogens (tertiary/aromatic N) is 1. The van der Waals surface area contributed by atoms with Gasteiger partial charge in [0.1, 0.15) is 0 Å². The zero-order valence-corrected chi connectivity index (χ0v) is 11.2. The van der Waals surface area contributed by atoms with E-state index in [1.165, 1.54) is 12.8 Å². The molecule has 0 aliphatic carbocycles. The van der Waals surface area contributed by atoms with Gasteiger partial charge in [-0.05, 0) is 37.1 Å². The highest BCUT2D eigenvalue weighted by molar-refractivity contribution is 5.79. The number of pyridine rings is 1. The minimum absolute atomic E-state index is 0.345. The van der Waals surface area contributed by atoms with Gasteiger partial charge in [0.25, 0.3) is 0 Å². The highest BCUT2D eigenvalue weighted by Gasteiger charge is 2.08. The van der Waals surface area contributed by atoms with E-state index in [0.717, 1.165) is 35.0 Å². The molecule has 0 fully saturated rings. The standard InChI is InChI=1S/C16H21NO/c1-3-4-5-6-16(18)14-9-10-15-13(11-14)8-7-12(2)17-15/h7-11,16,18H,3-6H2,1-2H3. The van der Waals surface area contributed by atoms with Crippen LogP contribution in [0.4, 0.5) is 0 Å². The Morgan fingerprint density at radius 3 is 2.78 bits per heavy atom. The molecule has 0 spiro atoms. The Bertz CT molecular complexity index is 521. The molecular weight excluding hydrogens is 222 g/mol. The van der Waals surface area contributed by atoms with Crippen LogP contribution in [0.15, 0.2) is 30.3 Å². The Morgan fingerprint density at radius 1 is 1.17 bits per heavy atom. The van der Waals surface area contributed by atoms with Crippen molar-refractivity contribution in [2.45, 2.75) is 45.6 Å². The lowest BCUT2D eigenvalue weighted by molar-refractivity contribution is 0.164. The quantitative estimate of drug-likeness (QED) is 0.800. The van der Waals surface area contributed by atoms with Crippen molar-refractivity contribution in [2.24, 2.45) is 0 Å². The molecule has 0 saturated carbocycles. The number of benzene rings is 1. The van der Waals surface area contributed by atoms with Gasteiger partial charge in [-0.25, -0.2) is 0 Å². The van der Waals surface area contributed by atoms with Gasteiger partial charge < -0.3 is 5.11 Å². The number of aliphatic hydroxyl groups is 1. The summed E-state index contributed by atoms with van der Waals surface area (Å²) in [5.74, 6) is 0. The second kappa shape index (κ2) is 5.96. The van der Waals surface area contributed by atoms with Gasteiger partial charge in [0.15, 0.2) is 0 Å². The zero-order valence-electron chi connectivity index (χ0n) is 11.2. The van der Waals surface area contributed by atoms with Crippen molar-refractivity contribution in [1.29, 1.82) is 0 Å². The van der Waals surface area contributed by atoms with E-state index in [1.54, 1.807) is 0 Å². The minimum atomic E-state index is -0.345. The molecule has 96 valence electrons. The van der Waals surface area contributed by atoms with Gasteiger partial charge in [0.2, 0.25) is 0 Å². The van der Waals surface area contributed by atoms with Crippen LogP contribution < -0.4 is 0 Å². The van der Waals surface area contributed by atoms with Gasteiger partial charge in [-0.3, -0.25) is 4.98 Å². The van der Waals surface area contributed by atoms with Gasteiger partial charge in [-0.15, -0.1) is 0 Å². The van der Waals surface area contributed by atoms with Crippen LogP contribution >= 0.6 is 0 Å². The molecule has 0 bridgehead atoms. The average molecular weight is 243 g/mol. The molecule has 0 radical (unpaired) electrons. The largest absolute Gasteiger partial charge is 0.388 e. The number of rotatable bonds is 5. The molecular formula is C16H21NO. The summed E-state index contributed by atoms with van der Waals surface area (Å²) in [5, 5.41) is 11.2. The molecule has 1 unspecified atom stereocenters. The highest BCUT2D eigenvalue weighted by atomic mass is 16.3. The zero-order chi connectivity index (χ0) is 13.0. The van der Waals surface area contributed by atoms with Gasteiger partial charge >= 0.3 is 0 Å². The fraction of sp³-hybridized carbons (Fsp3) is 0.438. The van der Waals surface area contributed by atoms with E-state index in [1.807, 2.05) is 25.1 Å². The van der Waals surface area contributed by atoms with Gasteiger partial charge in [-0.1, -0.05) is 38.3 Å². The maximum Gasteiger partial charge on any atom is 0.0790 e. The Hall–Kier alpha value is -1.41. The van der Waals surface area contributed by atoms with E-state index in [9.17, 15) is 5.11 Å². The van der Waals surface area contributed by atoms with Crippen molar-refractivity contribution in [3.8, 4) is 0 Å². The number of aryl methyl sites for hydroxylation is 1. The predicted octanol–water partition coefficient (Wildman–Crippen LogP) is 4.16. The van der Waals surface area contributed by atoms with Crippen molar-refractivity contribution in [3.63, 3.8) is 0 Å². The Labute approximate surface area is 109 Å². The number of fused-ring (bicyclic) bond motifs is 1. The first-order chi connectivity index (χ1) is 8.70. The van der Waals surface area contributed by atoms with E-state index in [-0.39, 0.29) is 6.10 Å². The number of hydrogen-bond acceptors (Lipinski definition) is 2. The lowest BCUT2D eigenvalue weighted by Crippen LogP contribution is -1.97. The smallest absolute Gasteiger partial charge is 0.0790 e. The Morgan fingerprint density at radius 2 is 2.00 bits per heavy atom. The molecule has 0 aliphatic heterocycles. The summed E-state index contributed by atoms with van der Waals surface area (Å²) < 4.78 is 0. The number of unbranched alkanes of at least 4 members (excludes halogenated alkanes) is 2. The molecule has 0 aliphatic rings. The summed E-state index contributed by atoms with van der Waals surface area (Å²) in [4.78, 5) is 4.47. The van der Waals surface area contributed by atoms with Crippen LogP contribution in [0.2, 0.25) is 0 Å². The number of aliphatic hydroxyl groups excluding tert-OH is 1. The maximum atomic E-state index is 10.1. The highest BCUT2D eigenvalue weighted by Crippen LogP contribution is 2.23. The fourth-order valence-corrected chi connectivity index (χ4v) is 2.21. The first-order valence-electron chi connectivity index (χ1n) is 6.76. The lowest BCUT2D eigenvalue weighted by atomic mass is 10.0. The maximum absolute atomic E-state index is 10.1. The van der Waals surface area contributed by atoms with Crippen molar-refractivity contribution < 1.29 is 5.11 Å². The Balaban J connectivity index is 2.16. The molecule has 0 amide bonds. The summed E-state index contributed by atoms with van der Waals surface area (Å²) in [6, 6.07) is 10.1. The third-order valence-corrected chi connectivity index (χ3v) is 3.32. The summed E-state index contributed by atoms with van der Waals surface area (Å²) in [6.07, 6.45) is 3.96. The molecule has 1 atom stereocenters.